The molecule has 1 aromatic carbocycles. The van der Waals surface area contributed by atoms with E-state index in [0.717, 1.165) is 41.4 Å². The second kappa shape index (κ2) is 7.27. The molecular formula is C21H23N3O2S. The van der Waals surface area contributed by atoms with Crippen LogP contribution in [-0.2, 0) is 0 Å². The number of carbonyl (C=O) groups excluding carboxylic acids is 1. The second-order valence-corrected chi connectivity index (χ2v) is 8.23. The number of allylic oxidation sites excluding steroid dienone is 1. The number of benzene rings is 1. The van der Waals surface area contributed by atoms with E-state index in [1.54, 1.807) is 4.40 Å². The first kappa shape index (κ1) is 17.9. The largest absolute Gasteiger partial charge is 0.351 e. The molecule has 0 atom stereocenters. The standard InChI is InChI=1S/C21H23N3O2S/c1-13-10-16-17(11-14(13)2)24-19(25)12-18(27-21(24)23-16)20(26)22-9-8-15-6-4-3-5-7-15/h6,10-12H,3-5,7-9H2,1-2H3,(H,22,26). The van der Waals surface area contributed by atoms with Crippen LogP contribution in [0.4, 0.5) is 0 Å². The van der Waals surface area contributed by atoms with Crippen LogP contribution in [-0.4, -0.2) is 21.8 Å². The van der Waals surface area contributed by atoms with Crippen LogP contribution in [0, 0.1) is 13.8 Å². The third-order valence-electron chi connectivity index (χ3n) is 5.26. The molecule has 5 nitrogen and oxygen atoms in total. The van der Waals surface area contributed by atoms with Crippen molar-refractivity contribution >= 4 is 33.2 Å². The molecule has 0 saturated carbocycles. The van der Waals surface area contributed by atoms with Crippen LogP contribution in [0.3, 0.4) is 0 Å². The van der Waals surface area contributed by atoms with Crippen LogP contribution in [0.2, 0.25) is 0 Å². The van der Waals surface area contributed by atoms with E-state index in [9.17, 15) is 9.59 Å². The fourth-order valence-electron chi connectivity index (χ4n) is 3.56. The van der Waals surface area contributed by atoms with E-state index in [-0.39, 0.29) is 11.5 Å². The second-order valence-electron chi connectivity index (χ2n) is 7.22. The van der Waals surface area contributed by atoms with Crippen molar-refractivity contribution in [3.8, 4) is 0 Å². The first-order chi connectivity index (χ1) is 13.0. The molecule has 0 saturated heterocycles. The van der Waals surface area contributed by atoms with Crippen molar-refractivity contribution in [2.24, 2.45) is 0 Å². The summed E-state index contributed by atoms with van der Waals surface area (Å²) in [5.41, 5.74) is 5.05. The number of carbonyl (C=O) groups is 1. The van der Waals surface area contributed by atoms with Gasteiger partial charge in [0.15, 0.2) is 4.96 Å². The van der Waals surface area contributed by atoms with Gasteiger partial charge in [-0.2, -0.15) is 0 Å². The van der Waals surface area contributed by atoms with Crippen molar-refractivity contribution in [2.45, 2.75) is 46.0 Å². The number of rotatable bonds is 4. The summed E-state index contributed by atoms with van der Waals surface area (Å²) in [6.07, 6.45) is 7.96. The number of nitrogens with one attached hydrogen (secondary N) is 1. The minimum Gasteiger partial charge on any atom is -0.351 e. The SMILES string of the molecule is Cc1cc2nc3sc(C(=O)NCCC4=CCCCC4)cc(=O)n3c2cc1C. The van der Waals surface area contributed by atoms with Crippen LogP contribution >= 0.6 is 11.3 Å². The zero-order chi connectivity index (χ0) is 19.0. The molecule has 0 bridgehead atoms. The summed E-state index contributed by atoms with van der Waals surface area (Å²) in [7, 11) is 0. The normalized spacial score (nSPS) is 14.5. The molecule has 2 heterocycles. The third kappa shape index (κ3) is 3.54. The molecule has 27 heavy (non-hydrogen) atoms. The molecule has 1 amide bonds. The van der Waals surface area contributed by atoms with Crippen LogP contribution < -0.4 is 10.9 Å². The lowest BCUT2D eigenvalue weighted by Gasteiger charge is -2.12. The van der Waals surface area contributed by atoms with E-state index in [2.05, 4.69) is 16.4 Å². The topological polar surface area (TPSA) is 63.5 Å². The van der Waals surface area contributed by atoms with E-state index in [4.69, 9.17) is 0 Å². The maximum Gasteiger partial charge on any atom is 0.261 e. The Morgan fingerprint density at radius 3 is 2.81 bits per heavy atom. The van der Waals surface area contributed by atoms with Gasteiger partial charge in [-0.3, -0.25) is 14.0 Å². The molecule has 0 spiro atoms. The molecule has 140 valence electrons. The van der Waals surface area contributed by atoms with Crippen LogP contribution in [0.15, 0.2) is 34.6 Å². The fraction of sp³-hybridized carbons (Fsp3) is 0.381. The highest BCUT2D eigenvalue weighted by molar-refractivity contribution is 7.18. The van der Waals surface area contributed by atoms with Gasteiger partial charge in [-0.1, -0.05) is 23.0 Å². The Balaban J connectivity index is 1.58. The highest BCUT2D eigenvalue weighted by Crippen LogP contribution is 2.23. The number of aryl methyl sites for hydroxylation is 2. The zero-order valence-electron chi connectivity index (χ0n) is 15.7. The Bertz CT molecular complexity index is 1120. The predicted molar refractivity (Wildman–Crippen MR) is 110 cm³/mol. The van der Waals surface area contributed by atoms with Gasteiger partial charge in [0.25, 0.3) is 11.5 Å². The molecule has 0 aliphatic heterocycles. The van der Waals surface area contributed by atoms with Crippen LogP contribution in [0.5, 0.6) is 0 Å². The molecule has 1 aliphatic carbocycles. The molecule has 0 radical (unpaired) electrons. The number of fused-ring (bicyclic) bond motifs is 3. The van der Waals surface area contributed by atoms with Gasteiger partial charge in [0, 0.05) is 12.6 Å². The average molecular weight is 382 g/mol. The van der Waals surface area contributed by atoms with Crippen LogP contribution in [0.1, 0.15) is 52.9 Å². The highest BCUT2D eigenvalue weighted by atomic mass is 32.1. The Kier molecular flexibility index (Phi) is 4.83. The van der Waals surface area contributed by atoms with E-state index in [1.807, 2.05) is 26.0 Å². The van der Waals surface area contributed by atoms with Gasteiger partial charge in [-0.15, -0.1) is 0 Å². The summed E-state index contributed by atoms with van der Waals surface area (Å²) in [5.74, 6) is -0.199. The first-order valence-corrected chi connectivity index (χ1v) is 10.2. The highest BCUT2D eigenvalue weighted by Gasteiger charge is 2.15. The maximum atomic E-state index is 12.6. The maximum absolute atomic E-state index is 12.6. The summed E-state index contributed by atoms with van der Waals surface area (Å²) in [6, 6.07) is 5.39. The number of amides is 1. The van der Waals surface area contributed by atoms with Gasteiger partial charge in [0.2, 0.25) is 0 Å². The van der Waals surface area contributed by atoms with Crippen molar-refractivity contribution in [3.63, 3.8) is 0 Å². The Labute approximate surface area is 161 Å². The van der Waals surface area contributed by atoms with Gasteiger partial charge in [-0.25, -0.2) is 4.98 Å². The quantitative estimate of drug-likeness (QED) is 0.691. The summed E-state index contributed by atoms with van der Waals surface area (Å²) >= 11 is 1.26. The van der Waals surface area contributed by atoms with Gasteiger partial charge in [0.1, 0.15) is 4.88 Å². The summed E-state index contributed by atoms with van der Waals surface area (Å²) < 4.78 is 1.59. The molecular weight excluding hydrogens is 358 g/mol. The number of aromatic nitrogens is 2. The molecule has 0 unspecified atom stereocenters. The lowest BCUT2D eigenvalue weighted by molar-refractivity contribution is 0.0958. The Hall–Kier alpha value is -2.47. The van der Waals surface area contributed by atoms with Crippen LogP contribution in [0.25, 0.3) is 16.0 Å². The summed E-state index contributed by atoms with van der Waals surface area (Å²) in [4.78, 5) is 30.7. The van der Waals surface area contributed by atoms with E-state index < -0.39 is 0 Å². The van der Waals surface area contributed by atoms with Crippen molar-refractivity contribution in [3.05, 3.63) is 56.2 Å². The van der Waals surface area contributed by atoms with Crippen molar-refractivity contribution in [2.75, 3.05) is 6.54 Å². The molecule has 4 rings (SSSR count). The number of nitrogens with zero attached hydrogens (tertiary/aromatic N) is 2. The van der Waals surface area contributed by atoms with Gasteiger partial charge in [0.05, 0.1) is 11.0 Å². The molecule has 2 aromatic heterocycles. The molecule has 0 fully saturated rings. The summed E-state index contributed by atoms with van der Waals surface area (Å²) in [6.45, 7) is 4.65. The number of hydrogen-bond donors (Lipinski definition) is 1. The third-order valence-corrected chi connectivity index (χ3v) is 6.24. The molecule has 1 aliphatic rings. The van der Waals surface area contributed by atoms with E-state index in [1.165, 1.54) is 35.8 Å². The number of imidazole rings is 1. The van der Waals surface area contributed by atoms with Gasteiger partial charge >= 0.3 is 0 Å². The number of hydrogen-bond acceptors (Lipinski definition) is 4. The van der Waals surface area contributed by atoms with E-state index in [0.29, 0.717) is 16.4 Å². The summed E-state index contributed by atoms with van der Waals surface area (Å²) in [5, 5.41) is 2.94. The minimum atomic E-state index is -0.213. The van der Waals surface area contributed by atoms with Gasteiger partial charge in [-0.05, 0) is 69.2 Å². The zero-order valence-corrected chi connectivity index (χ0v) is 16.5. The molecule has 3 aromatic rings. The molecule has 6 heteroatoms. The first-order valence-electron chi connectivity index (χ1n) is 9.42. The van der Waals surface area contributed by atoms with Gasteiger partial charge < -0.3 is 5.32 Å². The molecule has 1 N–H and O–H groups in total. The average Bonchev–Trinajstić information content (AvgIpc) is 3.00. The van der Waals surface area contributed by atoms with Crippen molar-refractivity contribution in [1.82, 2.24) is 14.7 Å². The lowest BCUT2D eigenvalue weighted by Crippen LogP contribution is -2.26. The fourth-order valence-corrected chi connectivity index (χ4v) is 4.51. The monoisotopic (exact) mass is 381 g/mol. The predicted octanol–water partition coefficient (Wildman–Crippen LogP) is 4.15. The smallest absolute Gasteiger partial charge is 0.261 e. The Morgan fingerprint density at radius 2 is 2.04 bits per heavy atom. The minimum absolute atomic E-state index is 0.199. The Morgan fingerprint density at radius 1 is 1.22 bits per heavy atom. The van der Waals surface area contributed by atoms with E-state index >= 15 is 0 Å². The van der Waals surface area contributed by atoms with Crippen molar-refractivity contribution in [1.29, 1.82) is 0 Å². The van der Waals surface area contributed by atoms with Crippen molar-refractivity contribution < 1.29 is 4.79 Å². The lowest BCUT2D eigenvalue weighted by atomic mass is 9.97.